The third-order valence-electron chi connectivity index (χ3n) is 2.99. The van der Waals surface area contributed by atoms with Gasteiger partial charge < -0.3 is 5.32 Å². The second-order valence-electron chi connectivity index (χ2n) is 5.04. The van der Waals surface area contributed by atoms with E-state index in [2.05, 4.69) is 25.5 Å². The first-order chi connectivity index (χ1) is 11.5. The van der Waals surface area contributed by atoms with Gasteiger partial charge in [-0.1, -0.05) is 11.8 Å². The molecular formula is C15H15N5OS3. The first-order valence-electron chi connectivity index (χ1n) is 7.14. The van der Waals surface area contributed by atoms with Gasteiger partial charge >= 0.3 is 0 Å². The number of aryl methyl sites for hydroxylation is 3. The van der Waals surface area contributed by atoms with Crippen molar-refractivity contribution in [2.45, 2.75) is 25.8 Å². The highest BCUT2D eigenvalue weighted by molar-refractivity contribution is 7.99. The number of thioether (sulfide) groups is 1. The van der Waals surface area contributed by atoms with Gasteiger partial charge in [-0.2, -0.15) is 0 Å². The molecule has 0 aliphatic heterocycles. The fourth-order valence-corrected chi connectivity index (χ4v) is 4.20. The topological polar surface area (TPSA) is 80.7 Å². The molecule has 3 aromatic rings. The predicted molar refractivity (Wildman–Crippen MR) is 98.8 cm³/mol. The molecule has 124 valence electrons. The summed E-state index contributed by atoms with van der Waals surface area (Å²) in [5.41, 5.74) is 2.67. The summed E-state index contributed by atoms with van der Waals surface area (Å²) in [7, 11) is 0. The Morgan fingerprint density at radius 1 is 1.21 bits per heavy atom. The molecule has 0 aliphatic rings. The maximum Gasteiger partial charge on any atom is 0.236 e. The van der Waals surface area contributed by atoms with Crippen molar-refractivity contribution in [3.8, 4) is 10.6 Å². The van der Waals surface area contributed by atoms with E-state index in [1.807, 2.05) is 38.3 Å². The Morgan fingerprint density at radius 2 is 2.04 bits per heavy atom. The summed E-state index contributed by atoms with van der Waals surface area (Å²) in [5.74, 6) is 0.167. The van der Waals surface area contributed by atoms with Crippen LogP contribution in [-0.2, 0) is 4.79 Å². The molecule has 0 atom stereocenters. The quantitative estimate of drug-likeness (QED) is 0.683. The van der Waals surface area contributed by atoms with Crippen LogP contribution in [0.2, 0.25) is 0 Å². The van der Waals surface area contributed by atoms with Gasteiger partial charge in [-0.15, -0.1) is 32.9 Å². The van der Waals surface area contributed by atoms with E-state index in [0.29, 0.717) is 10.2 Å². The lowest BCUT2D eigenvalue weighted by atomic mass is 10.3. The van der Waals surface area contributed by atoms with Crippen molar-refractivity contribution >= 4 is 45.5 Å². The Morgan fingerprint density at radius 3 is 2.62 bits per heavy atom. The van der Waals surface area contributed by atoms with Crippen molar-refractivity contribution < 1.29 is 4.79 Å². The number of hydrogen-bond acceptors (Lipinski definition) is 8. The number of carbonyl (C=O) groups excluding carboxylic acids is 1. The fraction of sp³-hybridized carbons (Fsp3) is 0.267. The minimum absolute atomic E-state index is 0.103. The maximum absolute atomic E-state index is 11.9. The van der Waals surface area contributed by atoms with E-state index in [4.69, 9.17) is 0 Å². The van der Waals surface area contributed by atoms with E-state index in [1.54, 1.807) is 11.3 Å². The number of nitrogens with zero attached hydrogens (tertiary/aromatic N) is 4. The van der Waals surface area contributed by atoms with Gasteiger partial charge in [-0.25, -0.2) is 9.97 Å². The summed E-state index contributed by atoms with van der Waals surface area (Å²) in [6.07, 6.45) is 0. The van der Waals surface area contributed by atoms with E-state index in [9.17, 15) is 4.79 Å². The highest BCUT2D eigenvalue weighted by atomic mass is 32.2. The molecule has 0 aliphatic carbocycles. The zero-order chi connectivity index (χ0) is 17.1. The molecule has 0 saturated carbocycles. The van der Waals surface area contributed by atoms with E-state index in [1.165, 1.54) is 23.1 Å². The van der Waals surface area contributed by atoms with Crippen molar-refractivity contribution in [3.05, 3.63) is 33.9 Å². The third-order valence-corrected chi connectivity index (χ3v) is 5.88. The molecule has 1 amide bonds. The van der Waals surface area contributed by atoms with Gasteiger partial charge in [-0.05, 0) is 32.9 Å². The van der Waals surface area contributed by atoms with Gasteiger partial charge in [0.25, 0.3) is 0 Å². The molecular weight excluding hydrogens is 362 g/mol. The molecule has 0 radical (unpaired) electrons. The summed E-state index contributed by atoms with van der Waals surface area (Å²) in [6, 6.07) is 3.79. The zero-order valence-corrected chi connectivity index (χ0v) is 15.8. The lowest BCUT2D eigenvalue weighted by Gasteiger charge is -2.02. The monoisotopic (exact) mass is 377 g/mol. The van der Waals surface area contributed by atoms with Crippen molar-refractivity contribution in [1.29, 1.82) is 0 Å². The molecule has 3 aromatic heterocycles. The lowest BCUT2D eigenvalue weighted by molar-refractivity contribution is -0.113. The number of aromatic nitrogens is 4. The molecule has 0 fully saturated rings. The molecule has 0 unspecified atom stereocenters. The standard InChI is InChI=1S/C15H15N5OS3/c1-8-6-23-15(16-8)18-12(21)7-22-13-5-4-11(19-20-13)14-9(2)17-10(3)24-14/h4-6H,7H2,1-3H3,(H,16,18,21). The third kappa shape index (κ3) is 4.16. The highest BCUT2D eigenvalue weighted by Crippen LogP contribution is 2.28. The number of carbonyl (C=O) groups is 1. The van der Waals surface area contributed by atoms with Gasteiger partial charge in [0.05, 0.1) is 27.0 Å². The van der Waals surface area contributed by atoms with Crippen LogP contribution in [0.4, 0.5) is 5.13 Å². The number of nitrogens with one attached hydrogen (secondary N) is 1. The smallest absolute Gasteiger partial charge is 0.236 e. The molecule has 0 saturated heterocycles. The van der Waals surface area contributed by atoms with Crippen molar-refractivity contribution in [3.63, 3.8) is 0 Å². The summed E-state index contributed by atoms with van der Waals surface area (Å²) in [4.78, 5) is 21.6. The Kier molecular flexibility index (Phi) is 5.22. The molecule has 3 heterocycles. The number of amides is 1. The van der Waals surface area contributed by atoms with Gasteiger partial charge in [0.2, 0.25) is 5.91 Å². The first kappa shape index (κ1) is 17.0. The Labute approximate surface area is 151 Å². The summed E-state index contributed by atoms with van der Waals surface area (Å²) in [5, 5.41) is 15.4. The molecule has 0 bridgehead atoms. The molecule has 3 rings (SSSR count). The molecule has 9 heteroatoms. The van der Waals surface area contributed by atoms with Crippen LogP contribution in [0.3, 0.4) is 0 Å². The summed E-state index contributed by atoms with van der Waals surface area (Å²) >= 11 is 4.37. The van der Waals surface area contributed by atoms with Gasteiger partial charge in [0, 0.05) is 5.38 Å². The van der Waals surface area contributed by atoms with Crippen LogP contribution >= 0.6 is 34.4 Å². The van der Waals surface area contributed by atoms with Crippen molar-refractivity contribution in [2.24, 2.45) is 0 Å². The number of thiazole rings is 2. The van der Waals surface area contributed by atoms with Crippen molar-refractivity contribution in [1.82, 2.24) is 20.2 Å². The van der Waals surface area contributed by atoms with Crippen LogP contribution in [0.1, 0.15) is 16.4 Å². The molecule has 1 N–H and O–H groups in total. The van der Waals surface area contributed by atoms with Crippen LogP contribution in [-0.4, -0.2) is 31.8 Å². The van der Waals surface area contributed by atoms with Crippen molar-refractivity contribution in [2.75, 3.05) is 11.1 Å². The average Bonchev–Trinajstić information content (AvgIpc) is 3.10. The minimum atomic E-state index is -0.103. The largest absolute Gasteiger partial charge is 0.301 e. The number of rotatable bonds is 5. The molecule has 24 heavy (non-hydrogen) atoms. The SMILES string of the molecule is Cc1csc(NC(=O)CSc2ccc(-c3sc(C)nc3C)nn2)n1. The Balaban J connectivity index is 1.58. The lowest BCUT2D eigenvalue weighted by Crippen LogP contribution is -2.14. The van der Waals surface area contributed by atoms with Gasteiger partial charge in [0.15, 0.2) is 5.13 Å². The van der Waals surface area contributed by atoms with Crippen LogP contribution in [0.15, 0.2) is 22.5 Å². The minimum Gasteiger partial charge on any atom is -0.301 e. The summed E-state index contributed by atoms with van der Waals surface area (Å²) in [6.45, 7) is 5.83. The second kappa shape index (κ2) is 7.37. The highest BCUT2D eigenvalue weighted by Gasteiger charge is 2.11. The molecule has 0 spiro atoms. The summed E-state index contributed by atoms with van der Waals surface area (Å²) < 4.78 is 0. The fourth-order valence-electron chi connectivity index (χ4n) is 1.99. The average molecular weight is 378 g/mol. The molecule has 0 aromatic carbocycles. The number of hydrogen-bond donors (Lipinski definition) is 1. The zero-order valence-electron chi connectivity index (χ0n) is 13.4. The van der Waals surface area contributed by atoms with Crippen LogP contribution in [0, 0.1) is 20.8 Å². The van der Waals surface area contributed by atoms with Gasteiger partial charge in [-0.3, -0.25) is 4.79 Å². The van der Waals surface area contributed by atoms with Crippen LogP contribution in [0.25, 0.3) is 10.6 Å². The maximum atomic E-state index is 11.9. The Bertz CT molecular complexity index is 856. The van der Waals surface area contributed by atoms with E-state index in [-0.39, 0.29) is 11.7 Å². The second-order valence-corrected chi connectivity index (χ2v) is 8.09. The van der Waals surface area contributed by atoms with E-state index >= 15 is 0 Å². The normalized spacial score (nSPS) is 10.8. The predicted octanol–water partition coefficient (Wildman–Crippen LogP) is 3.71. The first-order valence-corrected chi connectivity index (χ1v) is 9.82. The van der Waals surface area contributed by atoms with Crippen LogP contribution in [0.5, 0.6) is 0 Å². The van der Waals surface area contributed by atoms with Gasteiger partial charge in [0.1, 0.15) is 10.7 Å². The van der Waals surface area contributed by atoms with Crippen LogP contribution < -0.4 is 5.32 Å². The Hall–Kier alpha value is -1.84. The van der Waals surface area contributed by atoms with E-state index in [0.717, 1.165) is 27.0 Å². The number of anilines is 1. The molecule has 6 nitrogen and oxygen atoms in total. The van der Waals surface area contributed by atoms with E-state index < -0.39 is 0 Å².